The van der Waals surface area contributed by atoms with Crippen molar-refractivity contribution >= 4 is 10.1 Å². The molecule has 0 atom stereocenters. The molecule has 0 fully saturated rings. The average Bonchev–Trinajstić information content (AvgIpc) is 2.55. The Kier molecular flexibility index (Phi) is 7.90. The van der Waals surface area contributed by atoms with Gasteiger partial charge in [-0.2, -0.15) is 52.3 Å². The number of hydrogen-bond donors (Lipinski definition) is 1. The van der Waals surface area contributed by atoms with Crippen LogP contribution >= 0.6 is 0 Å². The minimum Gasteiger partial charge on any atom is -0.281 e. The van der Waals surface area contributed by atoms with Crippen LogP contribution in [0.3, 0.4) is 0 Å². The highest BCUT2D eigenvalue weighted by molar-refractivity contribution is 7.87. The molecule has 1 aromatic rings. The SMILES string of the molecule is CCCC(F)(F)C(F)(F)C(F)(F)C(F)(F)C(F)(F)S(=O)(=O)O.c1ccncc1. The van der Waals surface area contributed by atoms with E-state index in [1.807, 2.05) is 18.2 Å². The molecule has 28 heavy (non-hydrogen) atoms. The van der Waals surface area contributed by atoms with Gasteiger partial charge in [0.1, 0.15) is 0 Å². The van der Waals surface area contributed by atoms with Gasteiger partial charge in [-0.1, -0.05) is 19.4 Å². The molecule has 1 heterocycles. The van der Waals surface area contributed by atoms with Gasteiger partial charge in [-0.25, -0.2) is 0 Å². The summed E-state index contributed by atoms with van der Waals surface area (Å²) in [5.41, 5.74) is 0. The minimum absolute atomic E-state index is 0.785. The van der Waals surface area contributed by atoms with Crippen molar-refractivity contribution < 1.29 is 56.9 Å². The second kappa shape index (κ2) is 8.39. The molecular formula is C13H13F10NO3S. The van der Waals surface area contributed by atoms with Crippen LogP contribution in [-0.2, 0) is 10.1 Å². The van der Waals surface area contributed by atoms with E-state index in [-0.39, 0.29) is 0 Å². The molecule has 0 aliphatic carbocycles. The van der Waals surface area contributed by atoms with Crippen molar-refractivity contribution in [2.45, 2.75) is 48.7 Å². The summed E-state index contributed by atoms with van der Waals surface area (Å²) in [6, 6.07) is 5.72. The Morgan fingerprint density at radius 3 is 1.46 bits per heavy atom. The maximum atomic E-state index is 13.0. The standard InChI is InChI=1S/C8H8F10O3S.C5H5N/c1-2-3-4(9,10)5(11,12)6(13,14)7(15,16)8(17,18)22(19,20)21;1-2-4-6-5-3-1/h2-3H2,1H3,(H,19,20,21);1-5H. The topological polar surface area (TPSA) is 67.3 Å². The lowest BCUT2D eigenvalue weighted by Crippen LogP contribution is -2.68. The van der Waals surface area contributed by atoms with E-state index < -0.39 is 51.9 Å². The van der Waals surface area contributed by atoms with Gasteiger partial charge in [0.2, 0.25) is 0 Å². The molecule has 0 aliphatic heterocycles. The van der Waals surface area contributed by atoms with Gasteiger partial charge in [-0.3, -0.25) is 9.54 Å². The Labute approximate surface area is 152 Å². The van der Waals surface area contributed by atoms with E-state index in [9.17, 15) is 52.3 Å². The van der Waals surface area contributed by atoms with Gasteiger partial charge < -0.3 is 0 Å². The Morgan fingerprint density at radius 2 is 1.21 bits per heavy atom. The molecule has 4 nitrogen and oxygen atoms in total. The monoisotopic (exact) mass is 453 g/mol. The fourth-order valence-corrected chi connectivity index (χ4v) is 2.01. The van der Waals surface area contributed by atoms with E-state index in [0.29, 0.717) is 0 Å². The first-order valence-electron chi connectivity index (χ1n) is 7.02. The molecule has 164 valence electrons. The third kappa shape index (κ3) is 4.67. The van der Waals surface area contributed by atoms with Gasteiger partial charge >= 0.3 is 39.1 Å². The summed E-state index contributed by atoms with van der Waals surface area (Å²) < 4.78 is 157. The third-order valence-corrected chi connectivity index (χ3v) is 3.97. The van der Waals surface area contributed by atoms with E-state index in [4.69, 9.17) is 4.55 Å². The molecular weight excluding hydrogens is 440 g/mol. The van der Waals surface area contributed by atoms with Crippen LogP contribution in [0.25, 0.3) is 0 Å². The Bertz CT molecular complexity index is 699. The maximum Gasteiger partial charge on any atom is 0.438 e. The van der Waals surface area contributed by atoms with Gasteiger partial charge in [0.05, 0.1) is 0 Å². The highest BCUT2D eigenvalue weighted by atomic mass is 32.2. The second-order valence-electron chi connectivity index (χ2n) is 5.19. The fraction of sp³-hybridized carbons (Fsp3) is 0.615. The van der Waals surface area contributed by atoms with Crippen LogP contribution in [0.2, 0.25) is 0 Å². The number of hydrogen-bond acceptors (Lipinski definition) is 3. The van der Waals surface area contributed by atoms with Crippen LogP contribution < -0.4 is 0 Å². The Balaban J connectivity index is 0.00000102. The zero-order valence-electron chi connectivity index (χ0n) is 13.7. The van der Waals surface area contributed by atoms with Crippen LogP contribution in [0, 0.1) is 0 Å². The maximum absolute atomic E-state index is 13.0. The number of halogens is 10. The number of rotatable bonds is 7. The third-order valence-electron chi connectivity index (χ3n) is 3.07. The molecule has 0 aliphatic rings. The van der Waals surface area contributed by atoms with Crippen molar-refractivity contribution in [3.8, 4) is 0 Å². The number of aromatic nitrogens is 1. The molecule has 0 amide bonds. The summed E-state index contributed by atoms with van der Waals surface area (Å²) in [7, 11) is -7.30. The molecule has 1 aromatic heterocycles. The lowest BCUT2D eigenvalue weighted by Gasteiger charge is -2.38. The molecule has 1 rings (SSSR count). The van der Waals surface area contributed by atoms with Crippen LogP contribution in [0.5, 0.6) is 0 Å². The fourth-order valence-electron chi connectivity index (χ4n) is 1.56. The molecule has 0 saturated heterocycles. The van der Waals surface area contributed by atoms with Crippen LogP contribution in [0.1, 0.15) is 19.8 Å². The smallest absolute Gasteiger partial charge is 0.281 e. The molecule has 15 heteroatoms. The summed E-state index contributed by atoms with van der Waals surface area (Å²) in [4.78, 5) is 3.78. The van der Waals surface area contributed by atoms with E-state index in [1.165, 1.54) is 0 Å². The number of alkyl halides is 10. The molecule has 1 N–H and O–H groups in total. The van der Waals surface area contributed by atoms with E-state index >= 15 is 0 Å². The van der Waals surface area contributed by atoms with Crippen molar-refractivity contribution in [2.75, 3.05) is 0 Å². The first-order valence-corrected chi connectivity index (χ1v) is 8.46. The number of pyridine rings is 1. The van der Waals surface area contributed by atoms with E-state index in [2.05, 4.69) is 4.98 Å². The molecule has 0 radical (unpaired) electrons. The predicted molar refractivity (Wildman–Crippen MR) is 75.4 cm³/mol. The largest absolute Gasteiger partial charge is 0.438 e. The molecule has 0 unspecified atom stereocenters. The summed E-state index contributed by atoms with van der Waals surface area (Å²) in [5.74, 6) is -27.9. The highest BCUT2D eigenvalue weighted by Crippen LogP contribution is 2.58. The van der Waals surface area contributed by atoms with Crippen molar-refractivity contribution in [1.82, 2.24) is 4.98 Å². The van der Waals surface area contributed by atoms with E-state index in [0.717, 1.165) is 6.92 Å². The van der Waals surface area contributed by atoms with Gasteiger partial charge in [0, 0.05) is 18.8 Å². The predicted octanol–water partition coefficient (Wildman–Crippen LogP) is 4.89. The van der Waals surface area contributed by atoms with Crippen LogP contribution in [0.4, 0.5) is 43.9 Å². The second-order valence-corrected chi connectivity index (χ2v) is 6.66. The molecule has 0 spiro atoms. The summed E-state index contributed by atoms with van der Waals surface area (Å²) in [6.07, 6.45) is 0.530. The van der Waals surface area contributed by atoms with Crippen molar-refractivity contribution in [1.29, 1.82) is 0 Å². The van der Waals surface area contributed by atoms with Gasteiger partial charge in [0.15, 0.2) is 0 Å². The quantitative estimate of drug-likeness (QED) is 0.472. The zero-order chi connectivity index (χ0) is 22.7. The summed E-state index contributed by atoms with van der Waals surface area (Å²) in [5, 5.41) is -7.13. The Morgan fingerprint density at radius 1 is 0.786 bits per heavy atom. The van der Waals surface area contributed by atoms with E-state index in [1.54, 1.807) is 12.4 Å². The molecule has 0 saturated carbocycles. The van der Waals surface area contributed by atoms with Crippen LogP contribution in [-0.4, -0.2) is 46.9 Å². The summed E-state index contributed by atoms with van der Waals surface area (Å²) in [6.45, 7) is 0.785. The lowest BCUT2D eigenvalue weighted by molar-refractivity contribution is -0.390. The lowest BCUT2D eigenvalue weighted by atomic mass is 9.96. The first-order chi connectivity index (χ1) is 12.3. The molecule has 0 bridgehead atoms. The van der Waals surface area contributed by atoms with Crippen LogP contribution in [0.15, 0.2) is 30.6 Å². The number of nitrogens with zero attached hydrogens (tertiary/aromatic N) is 1. The van der Waals surface area contributed by atoms with Gasteiger partial charge in [0.25, 0.3) is 0 Å². The van der Waals surface area contributed by atoms with Crippen molar-refractivity contribution in [2.24, 2.45) is 0 Å². The van der Waals surface area contributed by atoms with Gasteiger partial charge in [-0.15, -0.1) is 0 Å². The average molecular weight is 453 g/mol. The van der Waals surface area contributed by atoms with Gasteiger partial charge in [-0.05, 0) is 12.1 Å². The zero-order valence-corrected chi connectivity index (χ0v) is 14.5. The van der Waals surface area contributed by atoms with Crippen molar-refractivity contribution in [3.05, 3.63) is 30.6 Å². The first kappa shape index (κ1) is 26.4. The normalized spacial score (nSPS) is 14.3. The Hall–Kier alpha value is -1.64. The minimum atomic E-state index is -7.52. The highest BCUT2D eigenvalue weighted by Gasteiger charge is 2.88. The van der Waals surface area contributed by atoms with Crippen molar-refractivity contribution in [3.63, 3.8) is 0 Å². The summed E-state index contributed by atoms with van der Waals surface area (Å²) >= 11 is 0. The molecule has 0 aromatic carbocycles.